The van der Waals surface area contributed by atoms with Crippen LogP contribution in [0.25, 0.3) is 0 Å². The van der Waals surface area contributed by atoms with Gasteiger partial charge in [-0.3, -0.25) is 0 Å². The van der Waals surface area contributed by atoms with Gasteiger partial charge in [0.1, 0.15) is 17.1 Å². The standard InChI is InChI=1S/C17H26N2O4/c1-17(2,3)23-16(20)19-12-8-11(9-12)18-14-10-13(21-4)6-7-15(14)22-5/h6-7,10-12,18H,8-9H2,1-5H3,(H,19,20). The fourth-order valence-corrected chi connectivity index (χ4v) is 2.47. The minimum absolute atomic E-state index is 0.138. The van der Waals surface area contributed by atoms with Crippen LogP contribution < -0.4 is 20.1 Å². The number of methoxy groups -OCH3 is 2. The maximum absolute atomic E-state index is 11.7. The Morgan fingerprint density at radius 2 is 1.83 bits per heavy atom. The number of carbonyl (C=O) groups is 1. The van der Waals surface area contributed by atoms with E-state index >= 15 is 0 Å². The average molecular weight is 322 g/mol. The highest BCUT2D eigenvalue weighted by molar-refractivity contribution is 5.68. The normalized spacial score (nSPS) is 20.2. The Morgan fingerprint density at radius 1 is 1.13 bits per heavy atom. The van der Waals surface area contributed by atoms with Crippen LogP contribution >= 0.6 is 0 Å². The van der Waals surface area contributed by atoms with Crippen molar-refractivity contribution in [3.8, 4) is 11.5 Å². The summed E-state index contributed by atoms with van der Waals surface area (Å²) >= 11 is 0. The van der Waals surface area contributed by atoms with Gasteiger partial charge in [0.25, 0.3) is 0 Å². The van der Waals surface area contributed by atoms with Crippen molar-refractivity contribution in [3.63, 3.8) is 0 Å². The highest BCUT2D eigenvalue weighted by Crippen LogP contribution is 2.33. The van der Waals surface area contributed by atoms with Gasteiger partial charge >= 0.3 is 6.09 Å². The Kier molecular flexibility index (Phi) is 5.23. The van der Waals surface area contributed by atoms with E-state index in [1.54, 1.807) is 14.2 Å². The molecule has 1 aliphatic rings. The molecule has 1 fully saturated rings. The van der Waals surface area contributed by atoms with E-state index in [2.05, 4.69) is 10.6 Å². The summed E-state index contributed by atoms with van der Waals surface area (Å²) < 4.78 is 15.8. The number of rotatable bonds is 5. The van der Waals surface area contributed by atoms with Crippen molar-refractivity contribution in [1.82, 2.24) is 5.32 Å². The predicted octanol–water partition coefficient (Wildman–Crippen LogP) is 3.17. The number of ether oxygens (including phenoxy) is 3. The van der Waals surface area contributed by atoms with E-state index in [0.717, 1.165) is 30.0 Å². The van der Waals surface area contributed by atoms with Crippen LogP contribution in [0.5, 0.6) is 11.5 Å². The van der Waals surface area contributed by atoms with Gasteiger partial charge in [0.15, 0.2) is 0 Å². The van der Waals surface area contributed by atoms with Crippen LogP contribution in [0.1, 0.15) is 33.6 Å². The van der Waals surface area contributed by atoms with Gasteiger partial charge in [-0.15, -0.1) is 0 Å². The van der Waals surface area contributed by atoms with E-state index in [4.69, 9.17) is 14.2 Å². The lowest BCUT2D eigenvalue weighted by atomic mass is 9.86. The Hall–Kier alpha value is -2.11. The van der Waals surface area contributed by atoms with Crippen LogP contribution in [-0.4, -0.2) is 38.0 Å². The molecule has 0 radical (unpaired) electrons. The highest BCUT2D eigenvalue weighted by Gasteiger charge is 2.32. The Balaban J connectivity index is 1.83. The lowest BCUT2D eigenvalue weighted by molar-refractivity contribution is 0.0475. The first-order valence-corrected chi connectivity index (χ1v) is 7.79. The maximum atomic E-state index is 11.7. The van der Waals surface area contributed by atoms with E-state index in [1.807, 2.05) is 39.0 Å². The molecule has 0 spiro atoms. The van der Waals surface area contributed by atoms with E-state index in [-0.39, 0.29) is 18.2 Å². The number of anilines is 1. The molecule has 0 unspecified atom stereocenters. The third-order valence-electron chi connectivity index (χ3n) is 3.63. The molecule has 0 saturated heterocycles. The van der Waals surface area contributed by atoms with Crippen LogP contribution in [0, 0.1) is 0 Å². The van der Waals surface area contributed by atoms with Crippen molar-refractivity contribution in [2.75, 3.05) is 19.5 Å². The topological polar surface area (TPSA) is 68.8 Å². The van der Waals surface area contributed by atoms with Gasteiger partial charge in [-0.25, -0.2) is 4.79 Å². The molecule has 128 valence electrons. The maximum Gasteiger partial charge on any atom is 0.407 e. The van der Waals surface area contributed by atoms with Crippen molar-refractivity contribution in [2.45, 2.75) is 51.3 Å². The third kappa shape index (κ3) is 4.94. The summed E-state index contributed by atoms with van der Waals surface area (Å²) in [6.45, 7) is 5.56. The summed E-state index contributed by atoms with van der Waals surface area (Å²) in [5, 5.41) is 6.31. The molecular formula is C17H26N2O4. The molecule has 1 aromatic rings. The molecule has 0 heterocycles. The molecule has 2 N–H and O–H groups in total. The van der Waals surface area contributed by atoms with Crippen LogP contribution in [0.3, 0.4) is 0 Å². The lowest BCUT2D eigenvalue weighted by Gasteiger charge is -2.37. The Bertz CT molecular complexity index is 548. The molecule has 2 rings (SSSR count). The molecule has 6 heteroatoms. The van der Waals surface area contributed by atoms with Crippen molar-refractivity contribution < 1.29 is 19.0 Å². The molecule has 1 aliphatic carbocycles. The molecular weight excluding hydrogens is 296 g/mol. The van der Waals surface area contributed by atoms with E-state index in [0.29, 0.717) is 0 Å². The lowest BCUT2D eigenvalue weighted by Crippen LogP contribution is -2.50. The molecule has 6 nitrogen and oxygen atoms in total. The number of nitrogens with one attached hydrogen (secondary N) is 2. The first-order valence-electron chi connectivity index (χ1n) is 7.79. The Morgan fingerprint density at radius 3 is 2.39 bits per heavy atom. The van der Waals surface area contributed by atoms with Crippen LogP contribution in [-0.2, 0) is 4.74 Å². The second-order valence-electron chi connectivity index (χ2n) is 6.72. The van der Waals surface area contributed by atoms with Crippen LogP contribution in [0.15, 0.2) is 18.2 Å². The Labute approximate surface area is 137 Å². The second kappa shape index (κ2) is 6.98. The van der Waals surface area contributed by atoms with Crippen LogP contribution in [0.2, 0.25) is 0 Å². The second-order valence-corrected chi connectivity index (χ2v) is 6.72. The fraction of sp³-hybridized carbons (Fsp3) is 0.588. The molecule has 0 aromatic heterocycles. The van der Waals surface area contributed by atoms with Gasteiger partial charge in [0.2, 0.25) is 0 Å². The number of amides is 1. The molecule has 1 saturated carbocycles. The summed E-state index contributed by atoms with van der Waals surface area (Å²) in [5.41, 5.74) is 0.423. The third-order valence-corrected chi connectivity index (χ3v) is 3.63. The molecule has 1 aromatic carbocycles. The fourth-order valence-electron chi connectivity index (χ4n) is 2.47. The number of alkyl carbamates (subject to hydrolysis) is 1. The van der Waals surface area contributed by atoms with Crippen molar-refractivity contribution in [1.29, 1.82) is 0 Å². The minimum Gasteiger partial charge on any atom is -0.497 e. The van der Waals surface area contributed by atoms with E-state index in [1.165, 1.54) is 0 Å². The minimum atomic E-state index is -0.473. The monoisotopic (exact) mass is 322 g/mol. The summed E-state index contributed by atoms with van der Waals surface area (Å²) in [6, 6.07) is 6.07. The smallest absolute Gasteiger partial charge is 0.407 e. The van der Waals surface area contributed by atoms with Gasteiger partial charge in [0.05, 0.1) is 19.9 Å². The first-order chi connectivity index (χ1) is 10.8. The zero-order chi connectivity index (χ0) is 17.0. The van der Waals surface area contributed by atoms with Crippen LogP contribution in [0.4, 0.5) is 10.5 Å². The molecule has 0 atom stereocenters. The van der Waals surface area contributed by atoms with Gasteiger partial charge in [-0.1, -0.05) is 0 Å². The quantitative estimate of drug-likeness (QED) is 0.871. The summed E-state index contributed by atoms with van der Waals surface area (Å²) in [7, 11) is 3.27. The van der Waals surface area contributed by atoms with Gasteiger partial charge in [-0.05, 0) is 45.7 Å². The zero-order valence-electron chi connectivity index (χ0n) is 14.4. The summed E-state index contributed by atoms with van der Waals surface area (Å²) in [6.07, 6.45) is 1.33. The largest absolute Gasteiger partial charge is 0.497 e. The van der Waals surface area contributed by atoms with Crippen molar-refractivity contribution in [3.05, 3.63) is 18.2 Å². The average Bonchev–Trinajstić information content (AvgIpc) is 2.42. The van der Waals surface area contributed by atoms with Crippen molar-refractivity contribution >= 4 is 11.8 Å². The number of carbonyl (C=O) groups excluding carboxylic acids is 1. The SMILES string of the molecule is COc1ccc(OC)c(NC2CC(NC(=O)OC(C)(C)C)C2)c1. The molecule has 0 aliphatic heterocycles. The summed E-state index contributed by atoms with van der Waals surface area (Å²) in [5.74, 6) is 1.55. The molecule has 0 bridgehead atoms. The van der Waals surface area contributed by atoms with E-state index in [9.17, 15) is 4.79 Å². The first kappa shape index (κ1) is 17.2. The number of benzene rings is 1. The van der Waals surface area contributed by atoms with Gasteiger partial charge in [-0.2, -0.15) is 0 Å². The number of hydrogen-bond acceptors (Lipinski definition) is 5. The number of hydrogen-bond donors (Lipinski definition) is 2. The van der Waals surface area contributed by atoms with Gasteiger partial charge < -0.3 is 24.8 Å². The molecule has 1 amide bonds. The summed E-state index contributed by atoms with van der Waals surface area (Å²) in [4.78, 5) is 11.7. The highest BCUT2D eigenvalue weighted by atomic mass is 16.6. The predicted molar refractivity (Wildman–Crippen MR) is 89.3 cm³/mol. The van der Waals surface area contributed by atoms with Gasteiger partial charge in [0, 0.05) is 18.2 Å². The zero-order valence-corrected chi connectivity index (χ0v) is 14.4. The van der Waals surface area contributed by atoms with E-state index < -0.39 is 5.60 Å². The molecule has 23 heavy (non-hydrogen) atoms. The van der Waals surface area contributed by atoms with Crippen molar-refractivity contribution in [2.24, 2.45) is 0 Å².